The number of hydrogen-bond donors (Lipinski definition) is 4. The molecule has 2 aromatic heterocycles. The van der Waals surface area contributed by atoms with Gasteiger partial charge in [0.05, 0.1) is 5.69 Å². The van der Waals surface area contributed by atoms with Gasteiger partial charge in [-0.3, -0.25) is 15.0 Å². The zero-order chi connectivity index (χ0) is 19.5. The third kappa shape index (κ3) is 6.06. The Morgan fingerprint density at radius 1 is 1.22 bits per heavy atom. The number of fused-ring (bicyclic) bond motifs is 1. The predicted molar refractivity (Wildman–Crippen MR) is 108 cm³/mol. The molecule has 0 unspecified atom stereocenters. The molecular formula is C21H26N4O2. The van der Waals surface area contributed by atoms with Crippen LogP contribution in [-0.2, 0) is 17.8 Å². The van der Waals surface area contributed by atoms with Gasteiger partial charge in [0.15, 0.2) is 0 Å². The number of amides is 1. The molecule has 0 radical (unpaired) electrons. The Morgan fingerprint density at radius 3 is 2.81 bits per heavy atom. The van der Waals surface area contributed by atoms with E-state index in [1.54, 1.807) is 17.8 Å². The van der Waals surface area contributed by atoms with Crippen molar-refractivity contribution in [2.45, 2.75) is 26.8 Å². The van der Waals surface area contributed by atoms with Gasteiger partial charge in [0.25, 0.3) is 5.91 Å². The van der Waals surface area contributed by atoms with Crippen LogP contribution < -0.4 is 10.8 Å². The summed E-state index contributed by atoms with van der Waals surface area (Å²) in [6, 6.07) is 12.2. The van der Waals surface area contributed by atoms with Crippen molar-refractivity contribution in [2.24, 2.45) is 0 Å². The van der Waals surface area contributed by atoms with E-state index in [1.807, 2.05) is 32.2 Å². The van der Waals surface area contributed by atoms with Crippen LogP contribution in [0.1, 0.15) is 30.7 Å². The van der Waals surface area contributed by atoms with Gasteiger partial charge in [0.1, 0.15) is 0 Å². The SMILES string of the molecule is CC.O=C(/C=C/c1ccc(CNCCc2cccc3[nH]ccc23)nc1)NO. The van der Waals surface area contributed by atoms with E-state index < -0.39 is 5.91 Å². The molecule has 142 valence electrons. The van der Waals surface area contributed by atoms with Crippen LogP contribution in [0.2, 0.25) is 0 Å². The number of carbonyl (C=O) groups excluding carboxylic acids is 1. The van der Waals surface area contributed by atoms with E-state index in [9.17, 15) is 4.79 Å². The Kier molecular flexibility index (Phi) is 8.22. The molecule has 3 aromatic rings. The lowest BCUT2D eigenvalue weighted by Crippen LogP contribution is -2.17. The maximum absolute atomic E-state index is 10.9. The molecule has 0 fully saturated rings. The molecule has 0 bridgehead atoms. The fraction of sp³-hybridized carbons (Fsp3) is 0.238. The number of H-pyrrole nitrogens is 1. The topological polar surface area (TPSA) is 90.0 Å². The molecule has 4 N–H and O–H groups in total. The average molecular weight is 366 g/mol. The molecular weight excluding hydrogens is 340 g/mol. The molecule has 1 amide bonds. The van der Waals surface area contributed by atoms with Crippen molar-refractivity contribution in [3.05, 3.63) is 71.7 Å². The molecule has 1 aromatic carbocycles. The lowest BCUT2D eigenvalue weighted by atomic mass is 10.1. The van der Waals surface area contributed by atoms with E-state index in [0.717, 1.165) is 29.7 Å². The highest BCUT2D eigenvalue weighted by Crippen LogP contribution is 2.17. The number of nitrogens with zero attached hydrogens (tertiary/aromatic N) is 1. The highest BCUT2D eigenvalue weighted by Gasteiger charge is 2.01. The Morgan fingerprint density at radius 2 is 2.07 bits per heavy atom. The van der Waals surface area contributed by atoms with Crippen LogP contribution in [0.25, 0.3) is 17.0 Å². The van der Waals surface area contributed by atoms with Crippen molar-refractivity contribution in [3.63, 3.8) is 0 Å². The predicted octanol–water partition coefficient (Wildman–Crippen LogP) is 3.44. The van der Waals surface area contributed by atoms with Crippen LogP contribution in [0, 0.1) is 0 Å². The van der Waals surface area contributed by atoms with Crippen molar-refractivity contribution < 1.29 is 10.0 Å². The molecule has 6 heteroatoms. The fourth-order valence-electron chi connectivity index (χ4n) is 2.66. The van der Waals surface area contributed by atoms with Crippen molar-refractivity contribution in [1.29, 1.82) is 0 Å². The summed E-state index contributed by atoms with van der Waals surface area (Å²) < 4.78 is 0. The van der Waals surface area contributed by atoms with E-state index in [0.29, 0.717) is 6.54 Å². The molecule has 6 nitrogen and oxygen atoms in total. The lowest BCUT2D eigenvalue weighted by Gasteiger charge is -2.06. The Bertz CT molecular complexity index is 869. The largest absolute Gasteiger partial charge is 0.361 e. The number of benzene rings is 1. The van der Waals surface area contributed by atoms with Gasteiger partial charge in [0.2, 0.25) is 0 Å². The molecule has 0 atom stereocenters. The summed E-state index contributed by atoms with van der Waals surface area (Å²) in [5, 5.41) is 13.1. The van der Waals surface area contributed by atoms with Crippen molar-refractivity contribution in [2.75, 3.05) is 6.54 Å². The minimum Gasteiger partial charge on any atom is -0.361 e. The van der Waals surface area contributed by atoms with Gasteiger partial charge in [-0.2, -0.15) is 0 Å². The lowest BCUT2D eigenvalue weighted by molar-refractivity contribution is -0.124. The van der Waals surface area contributed by atoms with Crippen LogP contribution in [-0.4, -0.2) is 27.6 Å². The number of rotatable bonds is 7. The second-order valence-electron chi connectivity index (χ2n) is 5.68. The second kappa shape index (κ2) is 10.9. The van der Waals surface area contributed by atoms with Gasteiger partial charge in [-0.25, -0.2) is 5.48 Å². The first-order chi connectivity index (χ1) is 13.3. The third-order valence-electron chi connectivity index (χ3n) is 3.95. The van der Waals surface area contributed by atoms with E-state index in [2.05, 4.69) is 39.6 Å². The van der Waals surface area contributed by atoms with Crippen LogP contribution in [0.15, 0.2) is 54.9 Å². The average Bonchev–Trinajstić information content (AvgIpc) is 3.21. The summed E-state index contributed by atoms with van der Waals surface area (Å²) in [6.45, 7) is 5.55. The molecule has 0 saturated carbocycles. The normalized spacial score (nSPS) is 10.6. The third-order valence-corrected chi connectivity index (χ3v) is 3.95. The van der Waals surface area contributed by atoms with Crippen LogP contribution >= 0.6 is 0 Å². The van der Waals surface area contributed by atoms with Crippen LogP contribution in [0.5, 0.6) is 0 Å². The number of carbonyl (C=O) groups is 1. The van der Waals surface area contributed by atoms with Gasteiger partial charge in [-0.05, 0) is 48.4 Å². The molecule has 0 saturated heterocycles. The van der Waals surface area contributed by atoms with E-state index >= 15 is 0 Å². The highest BCUT2D eigenvalue weighted by molar-refractivity contribution is 5.90. The summed E-state index contributed by atoms with van der Waals surface area (Å²) in [6.07, 6.45) is 7.44. The molecule has 0 spiro atoms. The minimum atomic E-state index is -0.566. The fourth-order valence-corrected chi connectivity index (χ4v) is 2.66. The standard InChI is InChI=1S/C19H20N4O2.C2H6/c24-19(23-25)7-5-14-4-6-16(22-12-14)13-20-10-8-15-2-1-3-18-17(15)9-11-21-18;1-2/h1-7,9,11-12,20-21,25H,8,10,13H2,(H,23,24);1-2H3/b7-5+;. The Balaban J connectivity index is 0.00000126. The Hall–Kier alpha value is -2.96. The van der Waals surface area contributed by atoms with Gasteiger partial charge in [-0.1, -0.05) is 32.0 Å². The first kappa shape index (κ1) is 20.4. The van der Waals surface area contributed by atoms with Crippen molar-refractivity contribution >= 4 is 22.9 Å². The summed E-state index contributed by atoms with van der Waals surface area (Å²) in [4.78, 5) is 18.5. The van der Waals surface area contributed by atoms with Gasteiger partial charge < -0.3 is 10.3 Å². The van der Waals surface area contributed by atoms with Crippen LogP contribution in [0.4, 0.5) is 0 Å². The summed E-state index contributed by atoms with van der Waals surface area (Å²) in [7, 11) is 0. The van der Waals surface area contributed by atoms with Crippen molar-refractivity contribution in [1.82, 2.24) is 20.8 Å². The maximum atomic E-state index is 10.9. The molecule has 2 heterocycles. The van der Waals surface area contributed by atoms with Gasteiger partial charge >= 0.3 is 0 Å². The number of hydroxylamine groups is 1. The smallest absolute Gasteiger partial charge is 0.267 e. The van der Waals surface area contributed by atoms with E-state index in [4.69, 9.17) is 5.21 Å². The van der Waals surface area contributed by atoms with Crippen LogP contribution in [0.3, 0.4) is 0 Å². The maximum Gasteiger partial charge on any atom is 0.267 e. The summed E-state index contributed by atoms with van der Waals surface area (Å²) in [5.41, 5.74) is 5.76. The number of nitrogens with one attached hydrogen (secondary N) is 3. The Labute approximate surface area is 159 Å². The van der Waals surface area contributed by atoms with Gasteiger partial charge in [0, 0.05) is 35.9 Å². The van der Waals surface area contributed by atoms with E-state index in [1.165, 1.54) is 17.0 Å². The molecule has 0 aliphatic rings. The first-order valence-electron chi connectivity index (χ1n) is 9.09. The highest BCUT2D eigenvalue weighted by atomic mass is 16.5. The second-order valence-corrected chi connectivity index (χ2v) is 5.68. The molecule has 3 rings (SSSR count). The quantitative estimate of drug-likeness (QED) is 0.223. The number of pyridine rings is 1. The van der Waals surface area contributed by atoms with E-state index in [-0.39, 0.29) is 0 Å². The molecule has 0 aliphatic heterocycles. The molecule has 0 aliphatic carbocycles. The first-order valence-corrected chi connectivity index (χ1v) is 9.09. The monoisotopic (exact) mass is 366 g/mol. The molecule has 27 heavy (non-hydrogen) atoms. The number of hydrogen-bond acceptors (Lipinski definition) is 4. The number of aromatic nitrogens is 2. The van der Waals surface area contributed by atoms with Gasteiger partial charge in [-0.15, -0.1) is 0 Å². The zero-order valence-corrected chi connectivity index (χ0v) is 15.7. The summed E-state index contributed by atoms with van der Waals surface area (Å²) >= 11 is 0. The van der Waals surface area contributed by atoms with Crippen molar-refractivity contribution in [3.8, 4) is 0 Å². The zero-order valence-electron chi connectivity index (χ0n) is 15.7. The number of aromatic amines is 1. The summed E-state index contributed by atoms with van der Waals surface area (Å²) in [5.74, 6) is -0.566. The minimum absolute atomic E-state index is 0.566.